The van der Waals surface area contributed by atoms with Crippen molar-refractivity contribution in [2.45, 2.75) is 115 Å². The van der Waals surface area contributed by atoms with E-state index in [0.29, 0.717) is 59.9 Å². The first-order chi connectivity index (χ1) is 22.0. The predicted octanol–water partition coefficient (Wildman–Crippen LogP) is 8.30. The van der Waals surface area contributed by atoms with Crippen LogP contribution in [0.4, 0.5) is 4.39 Å². The Balaban J connectivity index is 1.25. The van der Waals surface area contributed by atoms with E-state index in [1.54, 1.807) is 10.6 Å². The number of halogens is 3. The summed E-state index contributed by atoms with van der Waals surface area (Å²) in [6.45, 7) is 19.7. The van der Waals surface area contributed by atoms with Crippen molar-refractivity contribution in [1.82, 2.24) is 14.5 Å². The smallest absolute Gasteiger partial charge is 0.301 e. The monoisotopic (exact) mass is 769 g/mol. The van der Waals surface area contributed by atoms with Gasteiger partial charge in [0.1, 0.15) is 41.4 Å². The van der Waals surface area contributed by atoms with Gasteiger partial charge in [0.2, 0.25) is 5.88 Å². The summed E-state index contributed by atoms with van der Waals surface area (Å²) in [5.74, 6) is -0.100. The van der Waals surface area contributed by atoms with Crippen LogP contribution in [0.5, 0.6) is 11.9 Å². The highest BCUT2D eigenvalue weighted by Gasteiger charge is 2.52. The maximum atomic E-state index is 15.0. The van der Waals surface area contributed by atoms with Crippen LogP contribution in [0.2, 0.25) is 48.8 Å². The lowest BCUT2D eigenvalue weighted by Crippen LogP contribution is -2.47. The number of hydrogen-bond acceptors (Lipinski definition) is 8. The minimum atomic E-state index is -2.03. The zero-order valence-electron chi connectivity index (χ0n) is 28.5. The summed E-state index contributed by atoms with van der Waals surface area (Å²) in [6.07, 6.45) is -0.238. The molecule has 1 aliphatic carbocycles. The summed E-state index contributed by atoms with van der Waals surface area (Å²) < 4.78 is 55.7. The summed E-state index contributed by atoms with van der Waals surface area (Å²) in [4.78, 5) is 9.60. The van der Waals surface area contributed by atoms with E-state index in [-0.39, 0.29) is 46.8 Å². The van der Waals surface area contributed by atoms with Crippen LogP contribution in [0, 0.1) is 5.82 Å². The molecule has 0 radical (unpaired) electrons. The third kappa shape index (κ3) is 7.47. The van der Waals surface area contributed by atoms with E-state index in [2.05, 4.69) is 69.4 Å². The number of nitrogens with zero attached hydrogens (tertiary/aromatic N) is 3. The van der Waals surface area contributed by atoms with Crippen molar-refractivity contribution in [3.05, 3.63) is 44.6 Å². The lowest BCUT2D eigenvalue weighted by atomic mass is 10.1. The van der Waals surface area contributed by atoms with Gasteiger partial charge in [-0.25, -0.2) is 4.39 Å². The SMILES string of the molecule is CC(C)(C)[Si](C)(C)O[C@@H]1CO[C@H]2[C@@H]1OC[C@H]2Oc1nc2cc(Cl)c(OC3CCc4cc(Br)cc(F)c43)nc2n1COCC[Si](C)(C)C. The number of ether oxygens (including phenoxy) is 5. The minimum absolute atomic E-state index is 0.0727. The maximum Gasteiger partial charge on any atom is 0.301 e. The summed E-state index contributed by atoms with van der Waals surface area (Å²) in [5.41, 5.74) is 2.50. The summed E-state index contributed by atoms with van der Waals surface area (Å²) in [6, 6.07) is 6.45. The molecule has 14 heteroatoms. The molecule has 2 saturated heterocycles. The molecule has 0 saturated carbocycles. The van der Waals surface area contributed by atoms with E-state index < -0.39 is 28.6 Å². The number of aromatic nitrogens is 3. The first-order valence-corrected chi connectivity index (χ1v) is 24.2. The topological polar surface area (TPSA) is 86.1 Å². The lowest BCUT2D eigenvalue weighted by Gasteiger charge is -2.39. The number of rotatable bonds is 11. The summed E-state index contributed by atoms with van der Waals surface area (Å²) in [5, 5.41) is 0.358. The Morgan fingerprint density at radius 1 is 1.02 bits per heavy atom. The molecule has 0 spiro atoms. The van der Waals surface area contributed by atoms with Gasteiger partial charge in [0.15, 0.2) is 20.1 Å². The Morgan fingerprint density at radius 2 is 1.72 bits per heavy atom. The largest absolute Gasteiger partial charge is 0.468 e. The van der Waals surface area contributed by atoms with Gasteiger partial charge in [0, 0.05) is 24.7 Å². The van der Waals surface area contributed by atoms with Gasteiger partial charge in [-0.3, -0.25) is 4.57 Å². The molecule has 4 heterocycles. The van der Waals surface area contributed by atoms with Crippen LogP contribution in [0.15, 0.2) is 22.7 Å². The third-order valence-corrected chi connectivity index (χ3v) is 16.7. The molecular weight excluding hydrogens is 725 g/mol. The van der Waals surface area contributed by atoms with E-state index >= 15 is 0 Å². The van der Waals surface area contributed by atoms with Crippen molar-refractivity contribution in [2.75, 3.05) is 19.8 Å². The van der Waals surface area contributed by atoms with Gasteiger partial charge in [-0.1, -0.05) is 67.9 Å². The van der Waals surface area contributed by atoms with Gasteiger partial charge in [0.05, 0.1) is 19.3 Å². The molecule has 2 fully saturated rings. The standard InChI is InChI=1S/C33H46BrClFN3O6Si2/c1-33(2,3)47(7,8)45-26-17-42-28-25(16-41-29(26)28)44-32-37-23-15-21(35)31(38-30(23)39(32)18-40-11-12-46(4,5)6)43-24-10-9-19-13-20(34)14-22(36)27(19)24/h13-15,24-26,28-29H,9-12,16-18H2,1-8H3/t24?,25-,26-,28-,29-/m1/s1. The summed E-state index contributed by atoms with van der Waals surface area (Å²) >= 11 is 10.1. The number of fused-ring (bicyclic) bond motifs is 3. The van der Waals surface area contributed by atoms with E-state index in [4.69, 9.17) is 49.7 Å². The molecule has 6 rings (SSSR count). The molecule has 2 aromatic heterocycles. The molecule has 9 nitrogen and oxygen atoms in total. The zero-order chi connectivity index (χ0) is 33.9. The molecule has 2 aliphatic heterocycles. The molecule has 1 aromatic carbocycles. The van der Waals surface area contributed by atoms with Crippen molar-refractivity contribution in [3.8, 4) is 11.9 Å². The van der Waals surface area contributed by atoms with Crippen LogP contribution < -0.4 is 9.47 Å². The van der Waals surface area contributed by atoms with Crippen molar-refractivity contribution in [1.29, 1.82) is 0 Å². The Bertz CT molecular complexity index is 1630. The quantitative estimate of drug-likeness (QED) is 0.142. The second-order valence-electron chi connectivity index (χ2n) is 15.6. The van der Waals surface area contributed by atoms with Crippen LogP contribution in [0.1, 0.15) is 44.4 Å². The average molecular weight is 771 g/mol. The highest BCUT2D eigenvalue weighted by Crippen LogP contribution is 2.42. The van der Waals surface area contributed by atoms with Crippen LogP contribution in [0.3, 0.4) is 0 Å². The van der Waals surface area contributed by atoms with E-state index in [0.717, 1.165) is 11.6 Å². The van der Waals surface area contributed by atoms with Crippen LogP contribution in [-0.2, 0) is 31.8 Å². The lowest BCUT2D eigenvalue weighted by molar-refractivity contribution is 0.00686. The van der Waals surface area contributed by atoms with Crippen molar-refractivity contribution < 1.29 is 32.5 Å². The van der Waals surface area contributed by atoms with Gasteiger partial charge in [-0.05, 0) is 60.8 Å². The number of benzene rings is 1. The molecule has 1 unspecified atom stereocenters. The van der Waals surface area contributed by atoms with Crippen LogP contribution in [0.25, 0.3) is 11.2 Å². The third-order valence-electron chi connectivity index (χ3n) is 9.73. The van der Waals surface area contributed by atoms with Gasteiger partial charge < -0.3 is 28.1 Å². The molecule has 258 valence electrons. The fourth-order valence-electron chi connectivity index (χ4n) is 6.02. The number of aryl methyl sites for hydroxylation is 1. The fraction of sp³-hybridized carbons (Fsp3) is 0.636. The van der Waals surface area contributed by atoms with Crippen molar-refractivity contribution in [3.63, 3.8) is 0 Å². The Labute approximate surface area is 292 Å². The second-order valence-corrected chi connectivity index (χ2v) is 27.3. The molecule has 47 heavy (non-hydrogen) atoms. The number of imidazole rings is 1. The highest BCUT2D eigenvalue weighted by molar-refractivity contribution is 9.10. The molecule has 3 aromatic rings. The molecule has 0 bridgehead atoms. The molecule has 3 aliphatic rings. The van der Waals surface area contributed by atoms with Gasteiger partial charge in [0.25, 0.3) is 0 Å². The van der Waals surface area contributed by atoms with Crippen LogP contribution in [-0.4, -0.2) is 75.2 Å². The van der Waals surface area contributed by atoms with Gasteiger partial charge >= 0.3 is 6.01 Å². The van der Waals surface area contributed by atoms with E-state index in [1.165, 1.54) is 6.07 Å². The first kappa shape index (κ1) is 35.2. The second kappa shape index (κ2) is 13.3. The maximum absolute atomic E-state index is 15.0. The van der Waals surface area contributed by atoms with Crippen molar-refractivity contribution >= 4 is 55.1 Å². The number of hydrogen-bond donors (Lipinski definition) is 0. The average Bonchev–Trinajstić information content (AvgIpc) is 3.71. The fourth-order valence-corrected chi connectivity index (χ4v) is 8.76. The Hall–Kier alpha value is -1.59. The normalized spacial score (nSPS) is 24.6. The molecule has 5 atom stereocenters. The molecule has 0 N–H and O–H groups in total. The first-order valence-electron chi connectivity index (χ1n) is 16.4. The minimum Gasteiger partial charge on any atom is -0.468 e. The predicted molar refractivity (Wildman–Crippen MR) is 188 cm³/mol. The van der Waals surface area contributed by atoms with Crippen molar-refractivity contribution in [2.24, 2.45) is 0 Å². The molecule has 0 amide bonds. The highest BCUT2D eigenvalue weighted by atomic mass is 79.9. The summed E-state index contributed by atoms with van der Waals surface area (Å²) in [7, 11) is -3.34. The van der Waals surface area contributed by atoms with E-state index in [1.807, 2.05) is 6.07 Å². The Morgan fingerprint density at radius 3 is 2.43 bits per heavy atom. The number of pyridine rings is 1. The zero-order valence-corrected chi connectivity index (χ0v) is 32.8. The van der Waals surface area contributed by atoms with Gasteiger partial charge in [-0.15, -0.1) is 0 Å². The van der Waals surface area contributed by atoms with Crippen LogP contribution >= 0.6 is 27.5 Å². The van der Waals surface area contributed by atoms with E-state index in [9.17, 15) is 4.39 Å². The van der Waals surface area contributed by atoms with Gasteiger partial charge in [-0.2, -0.15) is 9.97 Å². The Kier molecular flexibility index (Phi) is 9.95. The molecular formula is C33H46BrClFN3O6Si2.